The van der Waals surface area contributed by atoms with Gasteiger partial charge in [-0.15, -0.1) is 0 Å². The van der Waals surface area contributed by atoms with Gasteiger partial charge >= 0.3 is 17.6 Å². The molecule has 248 valence electrons. The number of nitrogens with one attached hydrogen (secondary N) is 1. The number of hydrogen-bond donors (Lipinski definition) is 1. The minimum atomic E-state index is -0.763. The molecule has 1 N–H and O–H groups in total. The third-order valence-corrected chi connectivity index (χ3v) is 7.83. The van der Waals surface area contributed by atoms with Crippen molar-refractivity contribution in [1.29, 1.82) is 0 Å². The molecule has 1 fully saturated rings. The molecule has 1 aliphatic rings. The van der Waals surface area contributed by atoms with E-state index in [9.17, 15) is 14.4 Å². The molecule has 1 saturated heterocycles. The fourth-order valence-electron chi connectivity index (χ4n) is 5.59. The summed E-state index contributed by atoms with van der Waals surface area (Å²) in [5.74, 6) is 0.251. The van der Waals surface area contributed by atoms with Crippen molar-refractivity contribution in [1.82, 2.24) is 19.4 Å². The van der Waals surface area contributed by atoms with Gasteiger partial charge in [-0.05, 0) is 56.0 Å². The largest absolute Gasteiger partial charge is 0.459 e. The van der Waals surface area contributed by atoms with Crippen LogP contribution in [0.15, 0.2) is 70.6 Å². The van der Waals surface area contributed by atoms with Crippen molar-refractivity contribution in [2.24, 2.45) is 16.8 Å². The lowest BCUT2D eigenvalue weighted by Gasteiger charge is -2.23. The second kappa shape index (κ2) is 14.8. The fraction of sp³-hybridized carbons (Fsp3) is 0.417. The first-order valence-electron chi connectivity index (χ1n) is 16.0. The molecule has 3 atom stereocenters. The number of aliphatic imine (C=N–C) groups is 1. The zero-order valence-corrected chi connectivity index (χ0v) is 27.8. The van der Waals surface area contributed by atoms with Crippen LogP contribution < -0.4 is 5.69 Å². The normalized spacial score (nSPS) is 18.0. The summed E-state index contributed by atoms with van der Waals surface area (Å²) < 4.78 is 19.7. The Hall–Kier alpha value is -4.77. The summed E-state index contributed by atoms with van der Waals surface area (Å²) in [4.78, 5) is 52.5. The number of hydrogen-bond acceptors (Lipinski definition) is 8. The molecule has 0 saturated carbocycles. The van der Waals surface area contributed by atoms with Crippen LogP contribution in [-0.2, 0) is 14.2 Å². The average Bonchev–Trinajstić information content (AvgIpc) is 3.62. The number of aromatic nitrogens is 3. The molecule has 47 heavy (non-hydrogen) atoms. The van der Waals surface area contributed by atoms with Gasteiger partial charge in [0.15, 0.2) is 5.65 Å². The second-order valence-electron chi connectivity index (χ2n) is 13.0. The summed E-state index contributed by atoms with van der Waals surface area (Å²) >= 11 is 0. The van der Waals surface area contributed by atoms with Gasteiger partial charge in [-0.1, -0.05) is 63.1 Å². The van der Waals surface area contributed by atoms with Crippen molar-refractivity contribution in [2.45, 2.75) is 66.4 Å². The Morgan fingerprint density at radius 3 is 2.17 bits per heavy atom. The summed E-state index contributed by atoms with van der Waals surface area (Å²) in [5.41, 5.74) is 2.69. The molecule has 3 heterocycles. The third kappa shape index (κ3) is 8.53. The number of H-pyrrole nitrogens is 1. The Bertz CT molecular complexity index is 1760. The number of carbonyl (C=O) groups excluding carboxylic acids is 2. The van der Waals surface area contributed by atoms with Crippen LogP contribution in [0.2, 0.25) is 0 Å². The van der Waals surface area contributed by atoms with E-state index in [1.807, 2.05) is 44.2 Å². The van der Waals surface area contributed by atoms with Crippen LogP contribution in [0.5, 0.6) is 0 Å². The molecule has 2 aromatic carbocycles. The quantitative estimate of drug-likeness (QED) is 0.114. The molecule has 11 heteroatoms. The number of esters is 2. The number of fused-ring (bicyclic) bond motifs is 1. The standard InChI is InChI=1S/C36H43N5O6/c1-22(2)18-40(19-23(3)4)21-37-32-28-15-16-41(33(28)39-36(44)38-32)31-17-29(47-35(43)27-13-9-25(6)10-14-27)30(46-31)20-45-34(42)26-11-7-24(5)8-12-26/h7-16,21-23,29-31H,17-20H2,1-6H3,(H,38,39,44)/b37-21-/t29-,30+,31+/m0/s1. The lowest BCUT2D eigenvalue weighted by molar-refractivity contribution is -0.0562. The van der Waals surface area contributed by atoms with Crippen LogP contribution in [0.4, 0.5) is 5.82 Å². The molecule has 4 aromatic rings. The Morgan fingerprint density at radius 2 is 1.57 bits per heavy atom. The number of ether oxygens (including phenoxy) is 3. The van der Waals surface area contributed by atoms with Crippen LogP contribution in [0.25, 0.3) is 11.0 Å². The number of benzene rings is 2. The lowest BCUT2D eigenvalue weighted by Crippen LogP contribution is -2.32. The van der Waals surface area contributed by atoms with Crippen LogP contribution in [0, 0.1) is 25.7 Å². The first-order chi connectivity index (χ1) is 22.5. The fourth-order valence-corrected chi connectivity index (χ4v) is 5.59. The highest BCUT2D eigenvalue weighted by Crippen LogP contribution is 2.35. The molecule has 0 bridgehead atoms. The van der Waals surface area contributed by atoms with Gasteiger partial charge in [-0.2, -0.15) is 4.98 Å². The molecule has 0 radical (unpaired) electrons. The predicted octanol–water partition coefficient (Wildman–Crippen LogP) is 5.99. The van der Waals surface area contributed by atoms with Crippen LogP contribution in [-0.4, -0.2) is 69.6 Å². The first-order valence-corrected chi connectivity index (χ1v) is 16.0. The van der Waals surface area contributed by atoms with E-state index in [1.165, 1.54) is 0 Å². The summed E-state index contributed by atoms with van der Waals surface area (Å²) in [5, 5.41) is 0.640. The molecule has 0 amide bonds. The number of nitrogens with zero attached hydrogens (tertiary/aromatic N) is 4. The number of rotatable bonds is 12. The molecule has 5 rings (SSSR count). The molecule has 0 spiro atoms. The monoisotopic (exact) mass is 641 g/mol. The van der Waals surface area contributed by atoms with E-state index < -0.39 is 36.1 Å². The van der Waals surface area contributed by atoms with E-state index in [4.69, 9.17) is 14.2 Å². The maximum atomic E-state index is 13.1. The van der Waals surface area contributed by atoms with Gasteiger partial charge in [0.05, 0.1) is 22.9 Å². The summed E-state index contributed by atoms with van der Waals surface area (Å²) in [6.07, 6.45) is 1.63. The zero-order valence-electron chi connectivity index (χ0n) is 27.8. The maximum Gasteiger partial charge on any atom is 0.348 e. The highest BCUT2D eigenvalue weighted by atomic mass is 16.6. The minimum absolute atomic E-state index is 0.140. The maximum absolute atomic E-state index is 13.1. The molecular weight excluding hydrogens is 598 g/mol. The van der Waals surface area contributed by atoms with Crippen molar-refractivity contribution < 1.29 is 23.8 Å². The molecule has 0 aliphatic carbocycles. The Kier molecular flexibility index (Phi) is 10.6. The number of aryl methyl sites for hydroxylation is 2. The van der Waals surface area contributed by atoms with E-state index in [0.29, 0.717) is 39.8 Å². The molecular formula is C36H43N5O6. The number of aromatic amines is 1. The van der Waals surface area contributed by atoms with Gasteiger partial charge in [-0.25, -0.2) is 19.4 Å². The van der Waals surface area contributed by atoms with E-state index >= 15 is 0 Å². The van der Waals surface area contributed by atoms with Gasteiger partial charge in [0.1, 0.15) is 30.9 Å². The topological polar surface area (TPSA) is 128 Å². The van der Waals surface area contributed by atoms with Gasteiger partial charge in [0, 0.05) is 25.7 Å². The Labute approximate surface area is 274 Å². The van der Waals surface area contributed by atoms with E-state index in [0.717, 1.165) is 24.2 Å². The van der Waals surface area contributed by atoms with Gasteiger partial charge in [0.2, 0.25) is 0 Å². The first kappa shape index (κ1) is 33.6. The van der Waals surface area contributed by atoms with E-state index in [1.54, 1.807) is 41.4 Å². The molecule has 1 aliphatic heterocycles. The van der Waals surface area contributed by atoms with Crippen LogP contribution in [0.3, 0.4) is 0 Å². The van der Waals surface area contributed by atoms with Crippen molar-refractivity contribution >= 4 is 35.1 Å². The minimum Gasteiger partial charge on any atom is -0.459 e. The highest BCUT2D eigenvalue weighted by molar-refractivity contribution is 5.90. The van der Waals surface area contributed by atoms with Crippen molar-refractivity contribution in [3.8, 4) is 0 Å². The van der Waals surface area contributed by atoms with Gasteiger partial charge in [0.25, 0.3) is 0 Å². The van der Waals surface area contributed by atoms with Crippen molar-refractivity contribution in [3.63, 3.8) is 0 Å². The highest BCUT2D eigenvalue weighted by Gasteiger charge is 2.40. The molecule has 0 unspecified atom stereocenters. The van der Waals surface area contributed by atoms with Crippen molar-refractivity contribution in [3.05, 3.63) is 93.5 Å². The van der Waals surface area contributed by atoms with Crippen LogP contribution >= 0.6 is 0 Å². The van der Waals surface area contributed by atoms with E-state index in [2.05, 4.69) is 47.6 Å². The smallest absolute Gasteiger partial charge is 0.348 e. The van der Waals surface area contributed by atoms with E-state index in [-0.39, 0.29) is 13.0 Å². The SMILES string of the molecule is Cc1ccc(C(=O)OC[C@H]2O[C@@H](n3ccc4c(/N=C\N(CC(C)C)CC(C)C)[nH]c(=O)nc43)C[C@@H]2OC(=O)c2ccc(C)cc2)cc1. The number of carbonyl (C=O) groups is 2. The zero-order chi connectivity index (χ0) is 33.7. The Morgan fingerprint density at radius 1 is 0.979 bits per heavy atom. The summed E-state index contributed by atoms with van der Waals surface area (Å²) in [6, 6.07) is 16.0. The Balaban J connectivity index is 1.40. The predicted molar refractivity (Wildman–Crippen MR) is 180 cm³/mol. The molecule has 11 nitrogen and oxygen atoms in total. The lowest BCUT2D eigenvalue weighted by atomic mass is 10.1. The molecule has 2 aromatic heterocycles. The van der Waals surface area contributed by atoms with Gasteiger partial charge < -0.3 is 23.7 Å². The summed E-state index contributed by atoms with van der Waals surface area (Å²) in [6.45, 7) is 14.0. The summed E-state index contributed by atoms with van der Waals surface area (Å²) in [7, 11) is 0. The van der Waals surface area contributed by atoms with Crippen molar-refractivity contribution in [2.75, 3.05) is 19.7 Å². The second-order valence-corrected chi connectivity index (χ2v) is 13.0. The van der Waals surface area contributed by atoms with Gasteiger partial charge in [-0.3, -0.25) is 4.98 Å². The average molecular weight is 642 g/mol. The van der Waals surface area contributed by atoms with Crippen LogP contribution in [0.1, 0.15) is 72.2 Å². The third-order valence-electron chi connectivity index (χ3n) is 7.83.